The van der Waals surface area contributed by atoms with Gasteiger partial charge in [-0.1, -0.05) is 43.7 Å². The third-order valence-electron chi connectivity index (χ3n) is 4.17. The van der Waals surface area contributed by atoms with Crippen LogP contribution in [0.15, 0.2) is 54.6 Å². The van der Waals surface area contributed by atoms with Gasteiger partial charge in [-0.05, 0) is 36.2 Å². The zero-order chi connectivity index (χ0) is 21.4. The van der Waals surface area contributed by atoms with Gasteiger partial charge in [-0.3, -0.25) is 0 Å². The Balaban J connectivity index is 1.49. The molecule has 0 heterocycles. The molecular formula is C23H30N2O5. The first kappa shape index (κ1) is 23.2. The summed E-state index contributed by atoms with van der Waals surface area (Å²) >= 11 is 0. The highest BCUT2D eigenvalue weighted by atomic mass is 16.6. The summed E-state index contributed by atoms with van der Waals surface area (Å²) < 4.78 is 15.6. The van der Waals surface area contributed by atoms with Crippen LogP contribution in [-0.2, 0) is 20.8 Å². The molecule has 0 aliphatic carbocycles. The molecule has 0 aromatic heterocycles. The van der Waals surface area contributed by atoms with Crippen molar-refractivity contribution in [3.63, 3.8) is 0 Å². The highest BCUT2D eigenvalue weighted by Crippen LogP contribution is 2.10. The van der Waals surface area contributed by atoms with Crippen LogP contribution in [0.25, 0.3) is 0 Å². The molecule has 7 heteroatoms. The van der Waals surface area contributed by atoms with E-state index >= 15 is 0 Å². The summed E-state index contributed by atoms with van der Waals surface area (Å²) in [6, 6.07) is 16.7. The quantitative estimate of drug-likeness (QED) is 0.381. The van der Waals surface area contributed by atoms with E-state index in [9.17, 15) is 9.59 Å². The van der Waals surface area contributed by atoms with Gasteiger partial charge in [0.15, 0.2) is 0 Å². The fraction of sp³-hybridized carbons (Fsp3) is 0.391. The SMILES string of the molecule is CCCCNc1ccc(C(=O)OCCOCCNC(=O)OCc2ccccc2)cc1. The number of amides is 1. The van der Waals surface area contributed by atoms with Gasteiger partial charge < -0.3 is 24.8 Å². The number of benzene rings is 2. The van der Waals surface area contributed by atoms with E-state index in [1.165, 1.54) is 0 Å². The zero-order valence-electron chi connectivity index (χ0n) is 17.4. The summed E-state index contributed by atoms with van der Waals surface area (Å²) in [7, 11) is 0. The Morgan fingerprint density at radius 1 is 0.867 bits per heavy atom. The minimum atomic E-state index is -0.499. The van der Waals surface area contributed by atoms with E-state index < -0.39 is 6.09 Å². The van der Waals surface area contributed by atoms with Crippen molar-refractivity contribution in [2.75, 3.05) is 38.2 Å². The lowest BCUT2D eigenvalue weighted by Crippen LogP contribution is -2.28. The smallest absolute Gasteiger partial charge is 0.407 e. The Kier molecular flexibility index (Phi) is 10.8. The Labute approximate surface area is 177 Å². The topological polar surface area (TPSA) is 85.9 Å². The number of nitrogens with one attached hydrogen (secondary N) is 2. The molecule has 0 aliphatic rings. The van der Waals surface area contributed by atoms with Gasteiger partial charge in [0.1, 0.15) is 13.2 Å². The number of esters is 1. The Bertz CT molecular complexity index is 750. The summed E-state index contributed by atoms with van der Waals surface area (Å²) in [5.41, 5.74) is 2.41. The standard InChI is InChI=1S/C23H30N2O5/c1-2-3-13-24-21-11-9-20(10-12-21)22(26)29-17-16-28-15-14-25-23(27)30-18-19-7-5-4-6-8-19/h4-12,24H,2-3,13-18H2,1H3,(H,25,27). The predicted octanol–water partition coefficient (Wildman–Crippen LogP) is 4.00. The molecule has 7 nitrogen and oxygen atoms in total. The summed E-state index contributed by atoms with van der Waals surface area (Å²) in [4.78, 5) is 23.6. The average Bonchev–Trinajstić information content (AvgIpc) is 2.78. The molecule has 0 saturated heterocycles. The first-order valence-electron chi connectivity index (χ1n) is 10.2. The number of hydrogen-bond acceptors (Lipinski definition) is 6. The zero-order valence-corrected chi connectivity index (χ0v) is 17.4. The van der Waals surface area contributed by atoms with Crippen LogP contribution in [0.4, 0.5) is 10.5 Å². The van der Waals surface area contributed by atoms with Crippen molar-refractivity contribution >= 4 is 17.7 Å². The summed E-state index contributed by atoms with van der Waals surface area (Å²) in [6.45, 7) is 4.29. The lowest BCUT2D eigenvalue weighted by molar-refractivity contribution is 0.0321. The molecule has 162 valence electrons. The number of alkyl carbamates (subject to hydrolysis) is 1. The molecule has 0 atom stereocenters. The largest absolute Gasteiger partial charge is 0.460 e. The van der Waals surface area contributed by atoms with Gasteiger partial charge in [0.2, 0.25) is 0 Å². The number of hydrogen-bond donors (Lipinski definition) is 2. The fourth-order valence-electron chi connectivity index (χ4n) is 2.51. The first-order chi connectivity index (χ1) is 14.7. The molecule has 1 amide bonds. The van der Waals surface area contributed by atoms with E-state index in [1.54, 1.807) is 12.1 Å². The van der Waals surface area contributed by atoms with Crippen molar-refractivity contribution < 1.29 is 23.8 Å². The molecule has 2 N–H and O–H groups in total. The Morgan fingerprint density at radius 3 is 2.37 bits per heavy atom. The average molecular weight is 415 g/mol. The highest BCUT2D eigenvalue weighted by Gasteiger charge is 2.07. The molecular weight excluding hydrogens is 384 g/mol. The van der Waals surface area contributed by atoms with Gasteiger partial charge in [-0.15, -0.1) is 0 Å². The summed E-state index contributed by atoms with van der Waals surface area (Å²) in [6.07, 6.45) is 1.74. The van der Waals surface area contributed by atoms with Gasteiger partial charge >= 0.3 is 12.1 Å². The molecule has 0 bridgehead atoms. The van der Waals surface area contributed by atoms with Crippen LogP contribution in [0.2, 0.25) is 0 Å². The number of carbonyl (C=O) groups excluding carboxylic acids is 2. The van der Waals surface area contributed by atoms with E-state index in [0.29, 0.717) is 18.7 Å². The second-order valence-electron chi connectivity index (χ2n) is 6.59. The second-order valence-corrected chi connectivity index (χ2v) is 6.59. The molecule has 0 radical (unpaired) electrons. The van der Waals surface area contributed by atoms with Gasteiger partial charge in [0.25, 0.3) is 0 Å². The van der Waals surface area contributed by atoms with Crippen LogP contribution in [-0.4, -0.2) is 45.0 Å². The number of rotatable bonds is 13. The van der Waals surface area contributed by atoms with E-state index in [0.717, 1.165) is 30.6 Å². The van der Waals surface area contributed by atoms with Gasteiger partial charge in [-0.25, -0.2) is 9.59 Å². The molecule has 0 unspecified atom stereocenters. The summed E-state index contributed by atoms with van der Waals surface area (Å²) in [5, 5.41) is 5.90. The van der Waals surface area contributed by atoms with E-state index in [1.807, 2.05) is 42.5 Å². The third-order valence-corrected chi connectivity index (χ3v) is 4.17. The molecule has 2 aromatic carbocycles. The maximum Gasteiger partial charge on any atom is 0.407 e. The number of carbonyl (C=O) groups is 2. The number of unbranched alkanes of at least 4 members (excludes halogenated alkanes) is 1. The molecule has 0 spiro atoms. The van der Waals surface area contributed by atoms with Crippen LogP contribution in [0, 0.1) is 0 Å². The molecule has 2 rings (SSSR count). The highest BCUT2D eigenvalue weighted by molar-refractivity contribution is 5.89. The van der Waals surface area contributed by atoms with Crippen molar-refractivity contribution in [3.8, 4) is 0 Å². The van der Waals surface area contributed by atoms with Crippen molar-refractivity contribution in [2.24, 2.45) is 0 Å². The minimum absolute atomic E-state index is 0.147. The van der Waals surface area contributed by atoms with Crippen molar-refractivity contribution in [2.45, 2.75) is 26.4 Å². The molecule has 0 fully saturated rings. The molecule has 0 saturated carbocycles. The maximum absolute atomic E-state index is 12.0. The molecule has 30 heavy (non-hydrogen) atoms. The van der Waals surface area contributed by atoms with Crippen molar-refractivity contribution in [1.82, 2.24) is 5.32 Å². The molecule has 0 aliphatic heterocycles. The minimum Gasteiger partial charge on any atom is -0.460 e. The number of anilines is 1. The van der Waals surface area contributed by atoms with Crippen LogP contribution in [0.1, 0.15) is 35.7 Å². The normalized spacial score (nSPS) is 10.3. The monoisotopic (exact) mass is 414 g/mol. The van der Waals surface area contributed by atoms with Crippen molar-refractivity contribution in [1.29, 1.82) is 0 Å². The van der Waals surface area contributed by atoms with Gasteiger partial charge in [-0.2, -0.15) is 0 Å². The van der Waals surface area contributed by atoms with Crippen molar-refractivity contribution in [3.05, 3.63) is 65.7 Å². The van der Waals surface area contributed by atoms with Crippen LogP contribution < -0.4 is 10.6 Å². The first-order valence-corrected chi connectivity index (χ1v) is 10.2. The number of ether oxygens (including phenoxy) is 3. The fourth-order valence-corrected chi connectivity index (χ4v) is 2.51. The van der Waals surface area contributed by atoms with Gasteiger partial charge in [0.05, 0.1) is 18.8 Å². The van der Waals surface area contributed by atoms with E-state index in [2.05, 4.69) is 17.6 Å². The Morgan fingerprint density at radius 2 is 1.63 bits per heavy atom. The molecule has 2 aromatic rings. The van der Waals surface area contributed by atoms with Crippen LogP contribution >= 0.6 is 0 Å². The lowest BCUT2D eigenvalue weighted by atomic mass is 10.2. The maximum atomic E-state index is 12.0. The van der Waals surface area contributed by atoms with Crippen LogP contribution in [0.3, 0.4) is 0 Å². The summed E-state index contributed by atoms with van der Waals surface area (Å²) in [5.74, 6) is -0.388. The van der Waals surface area contributed by atoms with Gasteiger partial charge in [0, 0.05) is 18.8 Å². The second kappa shape index (κ2) is 14.0. The van der Waals surface area contributed by atoms with E-state index in [-0.39, 0.29) is 25.8 Å². The Hall–Kier alpha value is -3.06. The third kappa shape index (κ3) is 9.43. The van der Waals surface area contributed by atoms with E-state index in [4.69, 9.17) is 14.2 Å². The lowest BCUT2D eigenvalue weighted by Gasteiger charge is -2.09. The van der Waals surface area contributed by atoms with Crippen LogP contribution in [0.5, 0.6) is 0 Å². The predicted molar refractivity (Wildman–Crippen MR) is 116 cm³/mol.